The number of carbonyl (C=O) groups excluding carboxylic acids is 1. The maximum atomic E-state index is 15.5. The second-order valence-electron chi connectivity index (χ2n) is 12.1. The van der Waals surface area contributed by atoms with Gasteiger partial charge >= 0.3 is 5.97 Å². The van der Waals surface area contributed by atoms with Crippen molar-refractivity contribution in [2.45, 2.75) is 18.4 Å². The van der Waals surface area contributed by atoms with E-state index >= 15 is 4.39 Å². The topological polar surface area (TPSA) is 170 Å². The number of anilines is 3. The summed E-state index contributed by atoms with van der Waals surface area (Å²) in [7, 11) is -3.97. The highest BCUT2D eigenvalue weighted by molar-refractivity contribution is 7.92. The molecule has 266 valence electrons. The molecule has 1 saturated heterocycles. The fourth-order valence-electron chi connectivity index (χ4n) is 6.28. The van der Waals surface area contributed by atoms with Crippen LogP contribution in [0.5, 0.6) is 0 Å². The Bertz CT molecular complexity index is 2440. The molecule has 2 N–H and O–H groups in total. The zero-order valence-corrected chi connectivity index (χ0v) is 29.1. The third kappa shape index (κ3) is 6.58. The molecule has 0 unspecified atom stereocenters. The summed E-state index contributed by atoms with van der Waals surface area (Å²) in [6.45, 7) is 4.21. The van der Waals surface area contributed by atoms with Gasteiger partial charge in [0.05, 0.1) is 34.1 Å². The Hall–Kier alpha value is -5.71. The molecule has 2 aliphatic heterocycles. The van der Waals surface area contributed by atoms with Gasteiger partial charge in [-0.05, 0) is 67.6 Å². The molecule has 1 fully saturated rings. The highest BCUT2D eigenvalue weighted by Crippen LogP contribution is 2.34. The summed E-state index contributed by atoms with van der Waals surface area (Å²) in [5, 5.41) is 9.87. The number of hydrogen-bond donors (Lipinski definition) is 2. The van der Waals surface area contributed by atoms with Gasteiger partial charge < -0.3 is 14.6 Å². The molecule has 17 heteroatoms. The van der Waals surface area contributed by atoms with E-state index in [0.717, 1.165) is 6.07 Å². The lowest BCUT2D eigenvalue weighted by Gasteiger charge is -2.38. The summed E-state index contributed by atoms with van der Waals surface area (Å²) in [5.74, 6) is -2.43. The zero-order chi connectivity index (χ0) is 36.7. The van der Waals surface area contributed by atoms with Crippen molar-refractivity contribution in [3.8, 4) is 0 Å². The van der Waals surface area contributed by atoms with Gasteiger partial charge in [-0.3, -0.25) is 19.4 Å². The van der Waals surface area contributed by atoms with Crippen molar-refractivity contribution in [3.63, 3.8) is 0 Å². The molecule has 0 spiro atoms. The number of piperazine rings is 1. The summed E-state index contributed by atoms with van der Waals surface area (Å²) in [6, 6.07) is 15.1. The van der Waals surface area contributed by atoms with Gasteiger partial charge in [-0.2, -0.15) is 0 Å². The zero-order valence-electron chi connectivity index (χ0n) is 27.5. The van der Waals surface area contributed by atoms with E-state index in [-0.39, 0.29) is 34.5 Å². The molecule has 1 amide bonds. The smallest absolute Gasteiger partial charge is 0.341 e. The fraction of sp³-hybridized carbons (Fsp3) is 0.200. The molecular formula is C35H30ClFN8O6S. The number of carboxylic acids is 1. The standard InChI is InChI=1S/C35H30ClFN8O6S/c1-2-43-19-26(34(48)49)32(46)25-17-27(37)30(18-29(25)43)44-14-12-42(13-15-44)20-45-28-9-4-21(36)16-24(28)31(33(45)47)40-22-5-7-23(8-6-22)52(50,51)41-35-38-10-3-11-39-35/h3-11,16-19H,2,12-15,20H2,1H3,(H,48,49)(H,38,39,41). The number of sulfonamides is 1. The van der Waals surface area contributed by atoms with Gasteiger partial charge in [-0.1, -0.05) is 11.6 Å². The van der Waals surface area contributed by atoms with Crippen LogP contribution in [0, 0.1) is 5.82 Å². The highest BCUT2D eigenvalue weighted by Gasteiger charge is 2.36. The minimum atomic E-state index is -3.97. The number of fused-ring (bicyclic) bond motifs is 2. The van der Waals surface area contributed by atoms with E-state index in [1.54, 1.807) is 39.8 Å². The van der Waals surface area contributed by atoms with Crippen LogP contribution in [0.2, 0.25) is 5.02 Å². The lowest BCUT2D eigenvalue weighted by atomic mass is 10.1. The maximum Gasteiger partial charge on any atom is 0.341 e. The van der Waals surface area contributed by atoms with Gasteiger partial charge in [0.25, 0.3) is 15.9 Å². The molecule has 14 nitrogen and oxygen atoms in total. The molecule has 3 aromatic carbocycles. The normalized spacial score (nSPS) is 15.8. The van der Waals surface area contributed by atoms with Gasteiger partial charge in [0, 0.05) is 67.3 Å². The number of nitrogens with one attached hydrogen (secondary N) is 1. The average Bonchev–Trinajstić information content (AvgIpc) is 3.37. The third-order valence-corrected chi connectivity index (χ3v) is 10.5. The van der Waals surface area contributed by atoms with Crippen LogP contribution in [0.1, 0.15) is 22.8 Å². The molecule has 4 heterocycles. The lowest BCUT2D eigenvalue weighted by Crippen LogP contribution is -2.51. The van der Waals surface area contributed by atoms with E-state index in [1.807, 2.05) is 11.8 Å². The van der Waals surface area contributed by atoms with E-state index in [4.69, 9.17) is 11.6 Å². The maximum absolute atomic E-state index is 15.5. The number of aromatic nitrogens is 3. The second kappa shape index (κ2) is 13.8. The minimum absolute atomic E-state index is 0.00145. The van der Waals surface area contributed by atoms with Crippen molar-refractivity contribution in [3.05, 3.63) is 111 Å². The van der Waals surface area contributed by atoms with Crippen LogP contribution >= 0.6 is 11.6 Å². The first kappa shape index (κ1) is 34.7. The van der Waals surface area contributed by atoms with Crippen LogP contribution in [0.4, 0.5) is 27.4 Å². The first-order valence-electron chi connectivity index (χ1n) is 16.1. The van der Waals surface area contributed by atoms with E-state index in [1.165, 1.54) is 42.9 Å². The summed E-state index contributed by atoms with van der Waals surface area (Å²) in [6.07, 6.45) is 4.11. The number of benzene rings is 3. The first-order valence-corrected chi connectivity index (χ1v) is 18.0. The van der Waals surface area contributed by atoms with Crippen molar-refractivity contribution >= 4 is 73.1 Å². The molecule has 0 bridgehead atoms. The van der Waals surface area contributed by atoms with E-state index in [2.05, 4.69) is 24.6 Å². The van der Waals surface area contributed by atoms with Crippen molar-refractivity contribution < 1.29 is 27.5 Å². The predicted molar refractivity (Wildman–Crippen MR) is 194 cm³/mol. The van der Waals surface area contributed by atoms with Crippen molar-refractivity contribution in [2.24, 2.45) is 4.99 Å². The summed E-state index contributed by atoms with van der Waals surface area (Å²) >= 11 is 6.33. The number of hydrogen-bond acceptors (Lipinski definition) is 10. The average molecular weight is 745 g/mol. The number of halogens is 2. The molecular weight excluding hydrogens is 715 g/mol. The van der Waals surface area contributed by atoms with Crippen LogP contribution < -0.4 is 20.0 Å². The van der Waals surface area contributed by atoms with Crippen LogP contribution in [-0.2, 0) is 21.4 Å². The monoisotopic (exact) mass is 744 g/mol. The summed E-state index contributed by atoms with van der Waals surface area (Å²) in [5.41, 5.74) is 1.22. The van der Waals surface area contributed by atoms with E-state index in [0.29, 0.717) is 65.9 Å². The number of aryl methyl sites for hydroxylation is 1. The van der Waals surface area contributed by atoms with Gasteiger partial charge in [-0.15, -0.1) is 0 Å². The summed E-state index contributed by atoms with van der Waals surface area (Å²) < 4.78 is 45.0. The Morgan fingerprint density at radius 1 is 1.00 bits per heavy atom. The largest absolute Gasteiger partial charge is 0.477 e. The molecule has 5 aromatic rings. The number of carboxylic acid groups (broad SMARTS) is 1. The first-order chi connectivity index (χ1) is 24.9. The van der Waals surface area contributed by atoms with Crippen LogP contribution in [-0.4, -0.2) is 83.4 Å². The number of rotatable bonds is 9. The molecule has 0 saturated carbocycles. The lowest BCUT2D eigenvalue weighted by molar-refractivity contribution is -0.112. The predicted octanol–water partition coefficient (Wildman–Crippen LogP) is 4.35. The Morgan fingerprint density at radius 2 is 1.71 bits per heavy atom. The van der Waals surface area contributed by atoms with Gasteiger partial charge in [0.15, 0.2) is 0 Å². The van der Waals surface area contributed by atoms with E-state index < -0.39 is 32.8 Å². The molecule has 7 rings (SSSR count). The quantitative estimate of drug-likeness (QED) is 0.221. The summed E-state index contributed by atoms with van der Waals surface area (Å²) in [4.78, 5) is 56.1. The SMILES string of the molecule is CCn1cc(C(=O)O)c(=O)c2cc(F)c(N3CCN(CN4C(=O)C(=Nc5ccc(S(=O)(=O)Nc6ncccn6)cc5)c5cc(Cl)ccc54)CC3)cc21. The molecule has 0 aliphatic carbocycles. The third-order valence-electron chi connectivity index (χ3n) is 8.91. The van der Waals surface area contributed by atoms with Crippen molar-refractivity contribution in [2.75, 3.05) is 47.4 Å². The van der Waals surface area contributed by atoms with E-state index in [9.17, 15) is 27.9 Å². The van der Waals surface area contributed by atoms with Gasteiger partial charge in [0.1, 0.15) is 17.1 Å². The highest BCUT2D eigenvalue weighted by atomic mass is 35.5. The number of pyridine rings is 1. The fourth-order valence-corrected chi connectivity index (χ4v) is 7.41. The Balaban J connectivity index is 1.08. The molecule has 2 aliphatic rings. The Kier molecular flexibility index (Phi) is 9.20. The number of aliphatic imine (C=N–C) groups is 1. The number of carbonyl (C=O) groups is 2. The molecule has 0 atom stereocenters. The Labute approximate surface area is 301 Å². The van der Waals surface area contributed by atoms with Gasteiger partial charge in [0.2, 0.25) is 11.4 Å². The van der Waals surface area contributed by atoms with Crippen molar-refractivity contribution in [1.29, 1.82) is 0 Å². The molecule has 2 aromatic heterocycles. The van der Waals surface area contributed by atoms with Crippen LogP contribution in [0.25, 0.3) is 10.9 Å². The number of aromatic carboxylic acids is 1. The number of amides is 1. The Morgan fingerprint density at radius 3 is 2.38 bits per heavy atom. The van der Waals surface area contributed by atoms with Gasteiger partial charge in [-0.25, -0.2) is 37.3 Å². The molecule has 52 heavy (non-hydrogen) atoms. The van der Waals surface area contributed by atoms with Crippen LogP contribution in [0.3, 0.4) is 0 Å². The number of nitrogens with zero attached hydrogens (tertiary/aromatic N) is 7. The van der Waals surface area contributed by atoms with Crippen molar-refractivity contribution in [1.82, 2.24) is 19.4 Å². The van der Waals surface area contributed by atoms with Crippen LogP contribution in [0.15, 0.2) is 93.9 Å². The second-order valence-corrected chi connectivity index (χ2v) is 14.2. The minimum Gasteiger partial charge on any atom is -0.477 e. The molecule has 0 radical (unpaired) electrons.